The van der Waals surface area contributed by atoms with Gasteiger partial charge in [0, 0.05) is 21.4 Å². The van der Waals surface area contributed by atoms with Crippen molar-refractivity contribution in [3.63, 3.8) is 0 Å². The fourth-order valence-corrected chi connectivity index (χ4v) is 4.39. The maximum Gasteiger partial charge on any atom is 0.363 e. The van der Waals surface area contributed by atoms with Crippen LogP contribution in [0.2, 0.25) is 0 Å². The number of carbonyl (C=O) groups excluding carboxylic acids is 1. The molecule has 0 bridgehead atoms. The van der Waals surface area contributed by atoms with Crippen molar-refractivity contribution in [3.05, 3.63) is 101 Å². The number of cyclic esters (lactones) is 1. The van der Waals surface area contributed by atoms with Gasteiger partial charge in [0.2, 0.25) is 5.90 Å². The van der Waals surface area contributed by atoms with Crippen molar-refractivity contribution in [1.29, 1.82) is 0 Å². The Kier molecular flexibility index (Phi) is 5.67. The Morgan fingerprint density at radius 1 is 0.970 bits per heavy atom. The van der Waals surface area contributed by atoms with Gasteiger partial charge in [0.05, 0.1) is 12.6 Å². The number of esters is 1. The first-order chi connectivity index (χ1) is 16.1. The lowest BCUT2D eigenvalue weighted by Crippen LogP contribution is -2.05. The van der Waals surface area contributed by atoms with Crippen LogP contribution >= 0.6 is 11.8 Å². The highest BCUT2D eigenvalue weighted by Crippen LogP contribution is 2.33. The minimum Gasteiger partial charge on any atom is -0.497 e. The second-order valence-corrected chi connectivity index (χ2v) is 8.62. The molecule has 33 heavy (non-hydrogen) atoms. The third-order valence-electron chi connectivity index (χ3n) is 5.17. The number of hydrogen-bond donors (Lipinski definition) is 0. The molecule has 162 valence electrons. The van der Waals surface area contributed by atoms with E-state index in [4.69, 9.17) is 14.5 Å². The molecule has 0 saturated carbocycles. The highest BCUT2D eigenvalue weighted by atomic mass is 32.2. The molecule has 6 heteroatoms. The second kappa shape index (κ2) is 8.92. The molecule has 1 aliphatic heterocycles. The highest BCUT2D eigenvalue weighted by molar-refractivity contribution is 7.99. The Morgan fingerprint density at radius 2 is 1.76 bits per heavy atom. The van der Waals surface area contributed by atoms with Gasteiger partial charge in [-0.05, 0) is 67.6 Å². The number of pyridine rings is 1. The third kappa shape index (κ3) is 4.52. The maximum atomic E-state index is 12.6. The topological polar surface area (TPSA) is 60.8 Å². The molecule has 0 unspecified atom stereocenters. The summed E-state index contributed by atoms with van der Waals surface area (Å²) in [6, 6.07) is 25.4. The molecule has 3 aromatic carbocycles. The lowest BCUT2D eigenvalue weighted by atomic mass is 10.1. The maximum absolute atomic E-state index is 12.6. The summed E-state index contributed by atoms with van der Waals surface area (Å²) >= 11 is 1.55. The van der Waals surface area contributed by atoms with E-state index in [-0.39, 0.29) is 11.6 Å². The largest absolute Gasteiger partial charge is 0.497 e. The van der Waals surface area contributed by atoms with Crippen molar-refractivity contribution in [2.75, 3.05) is 7.11 Å². The Balaban J connectivity index is 1.57. The fraction of sp³-hybridized carbons (Fsp3) is 0.0741. The number of benzene rings is 3. The van der Waals surface area contributed by atoms with E-state index >= 15 is 0 Å². The fourth-order valence-electron chi connectivity index (χ4n) is 3.49. The molecule has 0 spiro atoms. The third-order valence-corrected chi connectivity index (χ3v) is 6.20. The van der Waals surface area contributed by atoms with Crippen molar-refractivity contribution < 1.29 is 14.3 Å². The van der Waals surface area contributed by atoms with E-state index < -0.39 is 5.97 Å². The Hall–Kier alpha value is -3.90. The lowest BCUT2D eigenvalue weighted by Gasteiger charge is -2.08. The zero-order valence-electron chi connectivity index (χ0n) is 18.1. The molecule has 0 amide bonds. The van der Waals surface area contributed by atoms with Crippen molar-refractivity contribution in [1.82, 2.24) is 4.98 Å². The molecule has 2 heterocycles. The first kappa shape index (κ1) is 21.0. The monoisotopic (exact) mass is 452 g/mol. The molecule has 4 aromatic rings. The van der Waals surface area contributed by atoms with Crippen LogP contribution < -0.4 is 4.74 Å². The van der Waals surface area contributed by atoms with E-state index in [9.17, 15) is 4.79 Å². The molecule has 0 aliphatic carbocycles. The predicted molar refractivity (Wildman–Crippen MR) is 131 cm³/mol. The summed E-state index contributed by atoms with van der Waals surface area (Å²) in [4.78, 5) is 23.0. The molecule has 0 N–H and O–H groups in total. The standard InChI is InChI=1S/C27H20N2O3S/c1-17-8-13-23-19(14-17)15-20(26(29-23)33-22-6-4-3-5-7-22)16-24-27(30)32-25(28-24)18-9-11-21(31-2)12-10-18/h3-16H,1-2H3. The molecule has 1 aromatic heterocycles. The van der Waals surface area contributed by atoms with Crippen LogP contribution in [0, 0.1) is 6.92 Å². The summed E-state index contributed by atoms with van der Waals surface area (Å²) in [6.07, 6.45) is 1.75. The zero-order valence-corrected chi connectivity index (χ0v) is 18.9. The number of carbonyl (C=O) groups is 1. The summed E-state index contributed by atoms with van der Waals surface area (Å²) in [5.41, 5.74) is 3.81. The number of aliphatic imine (C=N–C) groups is 1. The van der Waals surface area contributed by atoms with Gasteiger partial charge in [-0.25, -0.2) is 14.8 Å². The van der Waals surface area contributed by atoms with Crippen molar-refractivity contribution in [2.24, 2.45) is 4.99 Å². The summed E-state index contributed by atoms with van der Waals surface area (Å²) in [5, 5.41) is 1.80. The van der Waals surface area contributed by atoms with E-state index in [2.05, 4.69) is 11.1 Å². The van der Waals surface area contributed by atoms with Crippen LogP contribution in [0.3, 0.4) is 0 Å². The highest BCUT2D eigenvalue weighted by Gasteiger charge is 2.25. The summed E-state index contributed by atoms with van der Waals surface area (Å²) in [6.45, 7) is 2.05. The van der Waals surface area contributed by atoms with Crippen LogP contribution in [0.1, 0.15) is 16.7 Å². The molecule has 1 aliphatic rings. The molecule has 5 rings (SSSR count). The average Bonchev–Trinajstić information content (AvgIpc) is 3.20. The van der Waals surface area contributed by atoms with E-state index in [1.807, 2.05) is 67.6 Å². The number of aryl methyl sites for hydroxylation is 1. The Morgan fingerprint density at radius 3 is 2.52 bits per heavy atom. The van der Waals surface area contributed by atoms with Crippen LogP contribution in [0.15, 0.2) is 99.5 Å². The van der Waals surface area contributed by atoms with Crippen molar-refractivity contribution in [3.8, 4) is 5.75 Å². The van der Waals surface area contributed by atoms with Gasteiger partial charge in [-0.2, -0.15) is 0 Å². The molecular formula is C27H20N2O3S. The minimum absolute atomic E-state index is 0.240. The Labute approximate surface area is 195 Å². The van der Waals surface area contributed by atoms with Gasteiger partial charge in [-0.1, -0.05) is 41.6 Å². The normalized spacial score (nSPS) is 14.4. The van der Waals surface area contributed by atoms with E-state index in [1.54, 1.807) is 37.1 Å². The van der Waals surface area contributed by atoms with Gasteiger partial charge in [0.15, 0.2) is 5.70 Å². The van der Waals surface area contributed by atoms with Crippen molar-refractivity contribution in [2.45, 2.75) is 16.8 Å². The molecule has 5 nitrogen and oxygen atoms in total. The van der Waals surface area contributed by atoms with Crippen LogP contribution in [0.4, 0.5) is 0 Å². The number of ether oxygens (including phenoxy) is 2. The lowest BCUT2D eigenvalue weighted by molar-refractivity contribution is -0.129. The predicted octanol–water partition coefficient (Wildman–Crippen LogP) is 6.05. The smallest absolute Gasteiger partial charge is 0.363 e. The van der Waals surface area contributed by atoms with Gasteiger partial charge < -0.3 is 9.47 Å². The molecular weight excluding hydrogens is 432 g/mol. The number of aromatic nitrogens is 1. The molecule has 0 atom stereocenters. The van der Waals surface area contributed by atoms with E-state index in [0.717, 1.165) is 37.7 Å². The van der Waals surface area contributed by atoms with Gasteiger partial charge >= 0.3 is 5.97 Å². The quantitative estimate of drug-likeness (QED) is 0.273. The first-order valence-corrected chi connectivity index (χ1v) is 11.2. The summed E-state index contributed by atoms with van der Waals surface area (Å²) in [7, 11) is 1.60. The second-order valence-electron chi connectivity index (χ2n) is 7.56. The van der Waals surface area contributed by atoms with Gasteiger partial charge in [0.1, 0.15) is 10.8 Å². The van der Waals surface area contributed by atoms with Crippen LogP contribution in [-0.4, -0.2) is 24.0 Å². The van der Waals surface area contributed by atoms with E-state index in [1.165, 1.54) is 0 Å². The number of fused-ring (bicyclic) bond motifs is 1. The molecule has 0 saturated heterocycles. The number of rotatable bonds is 5. The van der Waals surface area contributed by atoms with Gasteiger partial charge in [-0.3, -0.25) is 0 Å². The van der Waals surface area contributed by atoms with Crippen LogP contribution in [0.25, 0.3) is 17.0 Å². The molecule has 0 fully saturated rings. The zero-order chi connectivity index (χ0) is 22.8. The summed E-state index contributed by atoms with van der Waals surface area (Å²) < 4.78 is 10.6. The minimum atomic E-state index is -0.485. The van der Waals surface area contributed by atoms with Gasteiger partial charge in [0.25, 0.3) is 0 Å². The summed E-state index contributed by atoms with van der Waals surface area (Å²) in [5.74, 6) is 0.510. The van der Waals surface area contributed by atoms with Crippen LogP contribution in [-0.2, 0) is 9.53 Å². The molecule has 0 radical (unpaired) electrons. The Bertz CT molecular complexity index is 1410. The van der Waals surface area contributed by atoms with Gasteiger partial charge in [-0.15, -0.1) is 0 Å². The van der Waals surface area contributed by atoms with E-state index in [0.29, 0.717) is 5.56 Å². The number of nitrogens with zero attached hydrogens (tertiary/aromatic N) is 2. The van der Waals surface area contributed by atoms with Crippen molar-refractivity contribution >= 4 is 40.6 Å². The SMILES string of the molecule is COc1ccc(C2=NC(=Cc3cc4cc(C)ccc4nc3Sc3ccccc3)C(=O)O2)cc1. The number of methoxy groups -OCH3 is 1. The number of hydrogen-bond acceptors (Lipinski definition) is 6. The average molecular weight is 453 g/mol. The van der Waals surface area contributed by atoms with Crippen LogP contribution in [0.5, 0.6) is 5.75 Å². The first-order valence-electron chi connectivity index (χ1n) is 10.4.